The van der Waals surface area contributed by atoms with E-state index in [1.54, 1.807) is 44.4 Å². The van der Waals surface area contributed by atoms with Crippen LogP contribution in [0.15, 0.2) is 55.1 Å². The van der Waals surface area contributed by atoms with Crippen LogP contribution in [0.3, 0.4) is 0 Å². The number of allylic oxidation sites excluding steroid dienone is 2. The minimum Gasteiger partial charge on any atom is -0.487 e. The summed E-state index contributed by atoms with van der Waals surface area (Å²) in [5.41, 5.74) is 1.81. The third-order valence-electron chi connectivity index (χ3n) is 4.65. The molecule has 5 heteroatoms. The van der Waals surface area contributed by atoms with Crippen LogP contribution in [0.25, 0.3) is 6.08 Å². The van der Waals surface area contributed by atoms with E-state index in [9.17, 15) is 9.59 Å². The molecule has 0 aliphatic rings. The zero-order chi connectivity index (χ0) is 25.7. The molecular weight excluding hydrogens is 426 g/mol. The number of amides is 1. The second-order valence-electron chi connectivity index (χ2n) is 10.4. The molecule has 0 radical (unpaired) electrons. The van der Waals surface area contributed by atoms with Gasteiger partial charge in [0.25, 0.3) is 5.91 Å². The summed E-state index contributed by atoms with van der Waals surface area (Å²) < 4.78 is 12.6. The number of rotatable bonds is 8. The second-order valence-corrected chi connectivity index (χ2v) is 10.4. The monoisotopic (exact) mass is 463 g/mol. The molecule has 0 atom stereocenters. The fraction of sp³-hybridized carbons (Fsp3) is 0.379. The Morgan fingerprint density at radius 3 is 1.94 bits per heavy atom. The smallest absolute Gasteiger partial charge is 0.253 e. The first-order chi connectivity index (χ1) is 15.7. The zero-order valence-corrected chi connectivity index (χ0v) is 21.7. The van der Waals surface area contributed by atoms with Crippen molar-refractivity contribution in [3.8, 4) is 11.5 Å². The molecule has 2 aromatic carbocycles. The van der Waals surface area contributed by atoms with E-state index in [2.05, 4.69) is 6.58 Å². The maximum atomic E-state index is 13.0. The van der Waals surface area contributed by atoms with Gasteiger partial charge in [0.15, 0.2) is 5.78 Å². The van der Waals surface area contributed by atoms with E-state index in [4.69, 9.17) is 9.47 Å². The largest absolute Gasteiger partial charge is 0.487 e. The number of nitrogens with zero attached hydrogens (tertiary/aromatic N) is 1. The molecule has 1 amide bonds. The lowest BCUT2D eigenvalue weighted by Crippen LogP contribution is -2.26. The first kappa shape index (κ1) is 26.9. The van der Waals surface area contributed by atoms with Gasteiger partial charge in [-0.15, -0.1) is 6.58 Å². The van der Waals surface area contributed by atoms with Crippen molar-refractivity contribution in [1.82, 2.24) is 4.90 Å². The topological polar surface area (TPSA) is 55.8 Å². The summed E-state index contributed by atoms with van der Waals surface area (Å²) in [6, 6.07) is 10.5. The Morgan fingerprint density at radius 2 is 1.44 bits per heavy atom. The quantitative estimate of drug-likeness (QED) is 0.259. The summed E-state index contributed by atoms with van der Waals surface area (Å²) in [6.45, 7) is 15.7. The highest BCUT2D eigenvalue weighted by Gasteiger charge is 2.22. The Bertz CT molecular complexity index is 1070. The average Bonchev–Trinajstić information content (AvgIpc) is 2.72. The molecule has 0 heterocycles. The lowest BCUT2D eigenvalue weighted by atomic mass is 10.0. The van der Waals surface area contributed by atoms with E-state index in [0.29, 0.717) is 34.6 Å². The van der Waals surface area contributed by atoms with E-state index in [-0.39, 0.29) is 11.7 Å². The highest BCUT2D eigenvalue weighted by atomic mass is 16.5. The Kier molecular flexibility index (Phi) is 8.49. The van der Waals surface area contributed by atoms with E-state index < -0.39 is 11.2 Å². The second kappa shape index (κ2) is 10.7. The van der Waals surface area contributed by atoms with Gasteiger partial charge >= 0.3 is 0 Å². The summed E-state index contributed by atoms with van der Waals surface area (Å²) >= 11 is 0. The predicted molar refractivity (Wildman–Crippen MR) is 139 cm³/mol. The van der Waals surface area contributed by atoms with Crippen molar-refractivity contribution in [1.29, 1.82) is 0 Å². The van der Waals surface area contributed by atoms with E-state index >= 15 is 0 Å². The standard InChI is InChI=1S/C29H37NO4/c1-10-11-21-16-19-25(33-28(2,3)4)23(26(21)34-29(5,6)7)17-18-24(31)20-12-14-22(15-13-20)27(32)30(8)9/h10,12-19H,1,11H2,2-9H3. The van der Waals surface area contributed by atoms with E-state index in [1.165, 1.54) is 11.0 Å². The van der Waals surface area contributed by atoms with Gasteiger partial charge in [0.05, 0.1) is 5.56 Å². The zero-order valence-electron chi connectivity index (χ0n) is 21.7. The summed E-state index contributed by atoms with van der Waals surface area (Å²) in [7, 11) is 3.39. The third-order valence-corrected chi connectivity index (χ3v) is 4.65. The molecule has 0 unspecified atom stereocenters. The van der Waals surface area contributed by atoms with Crippen LogP contribution in [-0.2, 0) is 6.42 Å². The number of carbonyl (C=O) groups is 2. The van der Waals surface area contributed by atoms with Crippen LogP contribution in [0.2, 0.25) is 0 Å². The minimum absolute atomic E-state index is 0.110. The van der Waals surface area contributed by atoms with E-state index in [0.717, 1.165) is 5.56 Å². The summed E-state index contributed by atoms with van der Waals surface area (Å²) in [6.07, 6.45) is 5.71. The van der Waals surface area contributed by atoms with Crippen molar-refractivity contribution in [3.63, 3.8) is 0 Å². The van der Waals surface area contributed by atoms with Gasteiger partial charge in [-0.25, -0.2) is 0 Å². The van der Waals surface area contributed by atoms with Gasteiger partial charge in [-0.2, -0.15) is 0 Å². The molecule has 0 fully saturated rings. The number of benzene rings is 2. The van der Waals surface area contributed by atoms with Gasteiger partial charge in [0.1, 0.15) is 22.7 Å². The number of ether oxygens (including phenoxy) is 2. The van der Waals surface area contributed by atoms with Crippen LogP contribution in [0.1, 0.15) is 73.4 Å². The SMILES string of the molecule is C=CCc1ccc(OC(C)(C)C)c(C=CC(=O)c2ccc(C(=O)N(C)C)cc2)c1OC(C)(C)C. The molecule has 5 nitrogen and oxygen atoms in total. The molecule has 34 heavy (non-hydrogen) atoms. The maximum absolute atomic E-state index is 13.0. The van der Waals surface area contributed by atoms with Gasteiger partial charge in [0, 0.05) is 25.2 Å². The first-order valence-electron chi connectivity index (χ1n) is 11.4. The minimum atomic E-state index is -0.447. The Morgan fingerprint density at radius 1 is 0.882 bits per heavy atom. The summed E-state index contributed by atoms with van der Waals surface area (Å²) in [4.78, 5) is 26.6. The lowest BCUT2D eigenvalue weighted by Gasteiger charge is -2.28. The molecule has 0 bridgehead atoms. The van der Waals surface area contributed by atoms with Crippen molar-refractivity contribution >= 4 is 17.8 Å². The fourth-order valence-corrected chi connectivity index (χ4v) is 3.24. The number of ketones is 1. The van der Waals surface area contributed by atoms with Crippen molar-refractivity contribution in [2.24, 2.45) is 0 Å². The number of hydrogen-bond donors (Lipinski definition) is 0. The molecule has 0 spiro atoms. The van der Waals surface area contributed by atoms with Crippen molar-refractivity contribution in [2.45, 2.75) is 59.2 Å². The Hall–Kier alpha value is -3.34. The number of hydrogen-bond acceptors (Lipinski definition) is 4. The van der Waals surface area contributed by atoms with Crippen LogP contribution in [0.4, 0.5) is 0 Å². The molecule has 0 N–H and O–H groups in total. The van der Waals surface area contributed by atoms with Gasteiger partial charge in [-0.05, 0) is 83.9 Å². The van der Waals surface area contributed by atoms with Gasteiger partial charge in [-0.1, -0.05) is 24.3 Å². The fourth-order valence-electron chi connectivity index (χ4n) is 3.24. The molecule has 0 aliphatic heterocycles. The average molecular weight is 464 g/mol. The van der Waals surface area contributed by atoms with Crippen LogP contribution in [-0.4, -0.2) is 41.9 Å². The summed E-state index contributed by atoms with van der Waals surface area (Å²) in [5.74, 6) is 1.02. The molecule has 2 rings (SSSR count). The van der Waals surface area contributed by atoms with Crippen LogP contribution >= 0.6 is 0 Å². The third kappa shape index (κ3) is 7.62. The van der Waals surface area contributed by atoms with Crippen LogP contribution in [0.5, 0.6) is 11.5 Å². The highest BCUT2D eigenvalue weighted by molar-refractivity contribution is 6.07. The predicted octanol–water partition coefficient (Wildman–Crippen LogP) is 6.37. The molecule has 0 aromatic heterocycles. The van der Waals surface area contributed by atoms with Gasteiger partial charge in [0.2, 0.25) is 0 Å². The van der Waals surface area contributed by atoms with E-state index in [1.807, 2.05) is 59.8 Å². The van der Waals surface area contributed by atoms with Crippen molar-refractivity contribution in [3.05, 3.63) is 77.4 Å². The van der Waals surface area contributed by atoms with Gasteiger partial charge < -0.3 is 14.4 Å². The Balaban J connectivity index is 2.51. The van der Waals surface area contributed by atoms with Crippen molar-refractivity contribution in [2.75, 3.05) is 14.1 Å². The lowest BCUT2D eigenvalue weighted by molar-refractivity contribution is 0.0827. The molecule has 182 valence electrons. The normalized spacial score (nSPS) is 11.9. The summed E-state index contributed by atoms with van der Waals surface area (Å²) in [5, 5.41) is 0. The van der Waals surface area contributed by atoms with Crippen molar-refractivity contribution < 1.29 is 19.1 Å². The first-order valence-corrected chi connectivity index (χ1v) is 11.4. The van der Waals surface area contributed by atoms with Crippen LogP contribution in [0, 0.1) is 0 Å². The molecule has 0 aliphatic carbocycles. The number of carbonyl (C=O) groups excluding carboxylic acids is 2. The van der Waals surface area contributed by atoms with Gasteiger partial charge in [-0.3, -0.25) is 9.59 Å². The Labute approximate surface area is 204 Å². The van der Waals surface area contributed by atoms with Crippen LogP contribution < -0.4 is 9.47 Å². The molecule has 0 saturated carbocycles. The maximum Gasteiger partial charge on any atom is 0.253 e. The highest BCUT2D eigenvalue weighted by Crippen LogP contribution is 2.38. The molecular formula is C29H37NO4. The molecule has 0 saturated heterocycles. The molecule has 2 aromatic rings.